The van der Waals surface area contributed by atoms with Crippen LogP contribution < -0.4 is 4.90 Å². The van der Waals surface area contributed by atoms with Crippen LogP contribution in [0, 0.1) is 17.6 Å². The fourth-order valence-corrected chi connectivity index (χ4v) is 2.58. The van der Waals surface area contributed by atoms with Gasteiger partial charge in [0.2, 0.25) is 0 Å². The molecule has 16 heavy (non-hydrogen) atoms. The van der Waals surface area contributed by atoms with Gasteiger partial charge in [0.05, 0.1) is 0 Å². The van der Waals surface area contributed by atoms with Crippen molar-refractivity contribution < 1.29 is 8.78 Å². The molecule has 0 bridgehead atoms. The molecule has 88 valence electrons. The average molecular weight is 290 g/mol. The van der Waals surface area contributed by atoms with Crippen molar-refractivity contribution in [3.8, 4) is 0 Å². The van der Waals surface area contributed by atoms with Crippen LogP contribution in [0.15, 0.2) is 16.6 Å². The number of anilines is 1. The molecule has 1 fully saturated rings. The molecule has 0 unspecified atom stereocenters. The third-order valence-corrected chi connectivity index (χ3v) is 3.41. The van der Waals surface area contributed by atoms with Crippen LogP contribution in [0.3, 0.4) is 0 Å². The Morgan fingerprint density at radius 1 is 1.31 bits per heavy atom. The molecule has 1 aromatic rings. The number of nitrogens with zero attached hydrogens (tertiary/aromatic N) is 1. The topological polar surface area (TPSA) is 3.24 Å². The van der Waals surface area contributed by atoms with E-state index in [0.29, 0.717) is 10.4 Å². The number of hydrogen-bond donors (Lipinski definition) is 0. The fourth-order valence-electron chi connectivity index (χ4n) is 2.18. The van der Waals surface area contributed by atoms with Crippen LogP contribution in [-0.4, -0.2) is 13.1 Å². The van der Waals surface area contributed by atoms with Crippen LogP contribution in [0.5, 0.6) is 0 Å². The van der Waals surface area contributed by atoms with Crippen LogP contribution in [0.4, 0.5) is 14.5 Å². The Labute approximate surface area is 103 Å². The zero-order valence-electron chi connectivity index (χ0n) is 9.14. The summed E-state index contributed by atoms with van der Waals surface area (Å²) >= 11 is 3.07. The molecule has 1 aromatic carbocycles. The number of rotatable bonds is 3. The maximum atomic E-state index is 13.6. The predicted molar refractivity (Wildman–Crippen MR) is 64.7 cm³/mol. The second-order valence-corrected chi connectivity index (χ2v) is 5.19. The molecule has 0 N–H and O–H groups in total. The van der Waals surface area contributed by atoms with Crippen molar-refractivity contribution in [1.82, 2.24) is 0 Å². The van der Waals surface area contributed by atoms with E-state index >= 15 is 0 Å². The van der Waals surface area contributed by atoms with E-state index in [-0.39, 0.29) is 5.69 Å². The molecule has 1 aliphatic heterocycles. The van der Waals surface area contributed by atoms with E-state index in [1.807, 2.05) is 0 Å². The van der Waals surface area contributed by atoms with E-state index in [2.05, 4.69) is 22.9 Å². The smallest absolute Gasteiger partial charge is 0.150 e. The molecular formula is C12H14BrF2N. The number of benzene rings is 1. The normalized spacial score (nSPS) is 16.4. The minimum atomic E-state index is -0.484. The molecule has 1 aliphatic rings. The second-order valence-electron chi connectivity index (χ2n) is 4.28. The van der Waals surface area contributed by atoms with Gasteiger partial charge in [-0.15, -0.1) is 0 Å². The van der Waals surface area contributed by atoms with Crippen molar-refractivity contribution in [3.05, 3.63) is 28.2 Å². The Bertz CT molecular complexity index is 366. The summed E-state index contributed by atoms with van der Waals surface area (Å²) in [4.78, 5) is 1.78. The van der Waals surface area contributed by atoms with Gasteiger partial charge in [-0.3, -0.25) is 0 Å². The van der Waals surface area contributed by atoms with E-state index in [0.717, 1.165) is 25.9 Å². The SMILES string of the molecule is CCCC1CN(c2c(F)cc(Br)cc2F)C1. The summed E-state index contributed by atoms with van der Waals surface area (Å²) in [6, 6.07) is 2.62. The molecule has 0 aliphatic carbocycles. The molecule has 0 spiro atoms. The van der Waals surface area contributed by atoms with Gasteiger partial charge in [0, 0.05) is 17.6 Å². The maximum absolute atomic E-state index is 13.6. The van der Waals surface area contributed by atoms with Crippen molar-refractivity contribution in [2.45, 2.75) is 19.8 Å². The summed E-state index contributed by atoms with van der Waals surface area (Å²) in [5.74, 6) is -0.379. The Balaban J connectivity index is 2.11. The van der Waals surface area contributed by atoms with E-state index in [1.54, 1.807) is 4.90 Å². The lowest BCUT2D eigenvalue weighted by molar-refractivity contribution is 0.371. The van der Waals surface area contributed by atoms with Crippen LogP contribution in [0.1, 0.15) is 19.8 Å². The largest absolute Gasteiger partial charge is 0.366 e. The summed E-state index contributed by atoms with van der Waals surface area (Å²) in [6.07, 6.45) is 2.26. The molecule has 1 saturated heterocycles. The summed E-state index contributed by atoms with van der Waals surface area (Å²) in [7, 11) is 0. The highest BCUT2D eigenvalue weighted by molar-refractivity contribution is 9.10. The van der Waals surface area contributed by atoms with Gasteiger partial charge in [-0.05, 0) is 24.5 Å². The van der Waals surface area contributed by atoms with Crippen molar-refractivity contribution in [1.29, 1.82) is 0 Å². The Kier molecular flexibility index (Phi) is 3.47. The highest BCUT2D eigenvalue weighted by Crippen LogP contribution is 2.33. The van der Waals surface area contributed by atoms with Gasteiger partial charge in [0.1, 0.15) is 5.69 Å². The van der Waals surface area contributed by atoms with Crippen molar-refractivity contribution in [2.75, 3.05) is 18.0 Å². The lowest BCUT2D eigenvalue weighted by atomic mass is 9.94. The Hall–Kier alpha value is -0.640. The van der Waals surface area contributed by atoms with E-state index in [1.165, 1.54) is 12.1 Å². The van der Waals surface area contributed by atoms with Gasteiger partial charge in [-0.1, -0.05) is 29.3 Å². The predicted octanol–water partition coefficient (Wildman–Crippen LogP) is 3.96. The van der Waals surface area contributed by atoms with E-state index in [4.69, 9.17) is 0 Å². The molecule has 0 aromatic heterocycles. The average Bonchev–Trinajstić information content (AvgIpc) is 2.12. The van der Waals surface area contributed by atoms with Crippen LogP contribution in [-0.2, 0) is 0 Å². The van der Waals surface area contributed by atoms with Gasteiger partial charge in [0.25, 0.3) is 0 Å². The molecule has 2 rings (SSSR count). The van der Waals surface area contributed by atoms with Crippen molar-refractivity contribution in [3.63, 3.8) is 0 Å². The lowest BCUT2D eigenvalue weighted by Gasteiger charge is -2.41. The molecule has 0 radical (unpaired) electrons. The first-order valence-corrected chi connectivity index (χ1v) is 6.30. The van der Waals surface area contributed by atoms with Gasteiger partial charge in [0.15, 0.2) is 11.6 Å². The Morgan fingerprint density at radius 2 is 1.88 bits per heavy atom. The third kappa shape index (κ3) is 2.21. The molecular weight excluding hydrogens is 276 g/mol. The number of halogens is 3. The van der Waals surface area contributed by atoms with E-state index in [9.17, 15) is 8.78 Å². The van der Waals surface area contributed by atoms with Gasteiger partial charge in [-0.2, -0.15) is 0 Å². The molecule has 0 atom stereocenters. The van der Waals surface area contributed by atoms with Crippen molar-refractivity contribution >= 4 is 21.6 Å². The van der Waals surface area contributed by atoms with Gasteiger partial charge < -0.3 is 4.90 Å². The fraction of sp³-hybridized carbons (Fsp3) is 0.500. The molecule has 0 saturated carbocycles. The summed E-state index contributed by atoms with van der Waals surface area (Å²) in [6.45, 7) is 3.66. The van der Waals surface area contributed by atoms with E-state index < -0.39 is 11.6 Å². The highest BCUT2D eigenvalue weighted by atomic mass is 79.9. The summed E-state index contributed by atoms with van der Waals surface area (Å²) in [5, 5.41) is 0. The zero-order valence-corrected chi connectivity index (χ0v) is 10.7. The second kappa shape index (κ2) is 4.70. The summed E-state index contributed by atoms with van der Waals surface area (Å²) in [5.41, 5.74) is 0.121. The van der Waals surface area contributed by atoms with Gasteiger partial charge in [-0.25, -0.2) is 8.78 Å². The molecule has 1 nitrogen and oxygen atoms in total. The highest BCUT2D eigenvalue weighted by Gasteiger charge is 2.30. The summed E-state index contributed by atoms with van der Waals surface area (Å²) < 4.78 is 27.6. The van der Waals surface area contributed by atoms with Crippen molar-refractivity contribution in [2.24, 2.45) is 5.92 Å². The first kappa shape index (κ1) is 11.8. The van der Waals surface area contributed by atoms with Crippen LogP contribution >= 0.6 is 15.9 Å². The van der Waals surface area contributed by atoms with Gasteiger partial charge >= 0.3 is 0 Å². The zero-order chi connectivity index (χ0) is 11.7. The third-order valence-electron chi connectivity index (χ3n) is 2.95. The first-order chi connectivity index (χ1) is 7.61. The molecule has 1 heterocycles. The first-order valence-electron chi connectivity index (χ1n) is 5.51. The lowest BCUT2D eigenvalue weighted by Crippen LogP contribution is -2.47. The quantitative estimate of drug-likeness (QED) is 0.814. The maximum Gasteiger partial charge on any atom is 0.150 e. The molecule has 0 amide bonds. The minimum Gasteiger partial charge on any atom is -0.366 e. The standard InChI is InChI=1S/C12H14BrF2N/c1-2-3-8-6-16(7-8)12-10(14)4-9(13)5-11(12)15/h4-5,8H,2-3,6-7H2,1H3. The Morgan fingerprint density at radius 3 is 2.38 bits per heavy atom. The van der Waals surface area contributed by atoms with Crippen LogP contribution in [0.2, 0.25) is 0 Å². The van der Waals surface area contributed by atoms with Crippen LogP contribution in [0.25, 0.3) is 0 Å². The minimum absolute atomic E-state index is 0.121. The molecule has 4 heteroatoms. The monoisotopic (exact) mass is 289 g/mol. The number of hydrogen-bond acceptors (Lipinski definition) is 1.